The van der Waals surface area contributed by atoms with E-state index < -0.39 is 0 Å². The monoisotopic (exact) mass is 276 g/mol. The molecule has 2 fully saturated rings. The lowest BCUT2D eigenvalue weighted by atomic mass is 9.93. The van der Waals surface area contributed by atoms with Crippen LogP contribution in [0.2, 0.25) is 0 Å². The lowest BCUT2D eigenvalue weighted by molar-refractivity contribution is 0.120. The predicted octanol–water partition coefficient (Wildman–Crippen LogP) is 3.52. The maximum absolute atomic E-state index is 6.12. The van der Waals surface area contributed by atoms with Crippen LogP contribution >= 0.6 is 0 Å². The molecule has 0 spiro atoms. The number of rotatable bonds is 5. The van der Waals surface area contributed by atoms with Crippen LogP contribution in [0.1, 0.15) is 63.0 Å². The SMILES string of the molecule is CCC1CCN(C(CN)c2ccc(C3CC3C)o2)CC1. The fourth-order valence-corrected chi connectivity index (χ4v) is 3.58. The summed E-state index contributed by atoms with van der Waals surface area (Å²) in [5.74, 6) is 4.62. The van der Waals surface area contributed by atoms with E-state index >= 15 is 0 Å². The zero-order valence-electron chi connectivity index (χ0n) is 12.8. The number of piperidine rings is 1. The molecule has 3 nitrogen and oxygen atoms in total. The molecule has 1 aromatic heterocycles. The maximum atomic E-state index is 6.12. The van der Waals surface area contributed by atoms with Crippen LogP contribution in [0.4, 0.5) is 0 Å². The lowest BCUT2D eigenvalue weighted by Crippen LogP contribution is -2.39. The molecule has 112 valence electrons. The van der Waals surface area contributed by atoms with Crippen LogP contribution in [0.5, 0.6) is 0 Å². The fraction of sp³-hybridized carbons (Fsp3) is 0.765. The fourth-order valence-electron chi connectivity index (χ4n) is 3.58. The summed E-state index contributed by atoms with van der Waals surface area (Å²) in [5.41, 5.74) is 6.03. The van der Waals surface area contributed by atoms with Crippen molar-refractivity contribution in [2.75, 3.05) is 19.6 Å². The van der Waals surface area contributed by atoms with Gasteiger partial charge in [0, 0.05) is 12.5 Å². The number of nitrogens with zero attached hydrogens (tertiary/aromatic N) is 1. The summed E-state index contributed by atoms with van der Waals surface area (Å²) in [6.45, 7) is 7.58. The van der Waals surface area contributed by atoms with Crippen molar-refractivity contribution < 1.29 is 4.42 Å². The van der Waals surface area contributed by atoms with Gasteiger partial charge in [-0.15, -0.1) is 0 Å². The zero-order chi connectivity index (χ0) is 14.1. The van der Waals surface area contributed by atoms with Gasteiger partial charge in [0.25, 0.3) is 0 Å². The molecule has 2 heterocycles. The molecule has 0 aromatic carbocycles. The summed E-state index contributed by atoms with van der Waals surface area (Å²) in [6.07, 6.45) is 5.20. The first kappa shape index (κ1) is 14.2. The minimum atomic E-state index is 0.274. The molecule has 0 amide bonds. The Balaban J connectivity index is 1.65. The highest BCUT2D eigenvalue weighted by molar-refractivity contribution is 5.19. The summed E-state index contributed by atoms with van der Waals surface area (Å²) in [4.78, 5) is 2.52. The van der Waals surface area contributed by atoms with Crippen molar-refractivity contribution in [3.63, 3.8) is 0 Å². The molecule has 2 aliphatic rings. The second kappa shape index (κ2) is 5.90. The maximum Gasteiger partial charge on any atom is 0.122 e. The average Bonchev–Trinajstić information content (AvgIpc) is 3.02. The molecular formula is C17H28N2O. The number of likely N-dealkylation sites (tertiary alicyclic amines) is 1. The van der Waals surface area contributed by atoms with Crippen LogP contribution in [-0.2, 0) is 0 Å². The van der Waals surface area contributed by atoms with Gasteiger partial charge in [-0.25, -0.2) is 0 Å². The summed E-state index contributed by atoms with van der Waals surface area (Å²) in [7, 11) is 0. The highest BCUT2D eigenvalue weighted by Gasteiger charge is 2.37. The van der Waals surface area contributed by atoms with Crippen LogP contribution in [0.3, 0.4) is 0 Å². The van der Waals surface area contributed by atoms with Gasteiger partial charge in [-0.2, -0.15) is 0 Å². The Morgan fingerprint density at radius 1 is 1.35 bits per heavy atom. The highest BCUT2D eigenvalue weighted by atomic mass is 16.3. The van der Waals surface area contributed by atoms with E-state index in [2.05, 4.69) is 30.9 Å². The zero-order valence-corrected chi connectivity index (χ0v) is 12.8. The Kier molecular flexibility index (Phi) is 4.18. The van der Waals surface area contributed by atoms with E-state index in [0.29, 0.717) is 12.5 Å². The molecule has 0 bridgehead atoms. The second-order valence-electron chi connectivity index (χ2n) is 6.70. The molecule has 2 N–H and O–H groups in total. The average molecular weight is 276 g/mol. The van der Waals surface area contributed by atoms with Crippen LogP contribution in [0.15, 0.2) is 16.5 Å². The molecule has 3 heteroatoms. The molecular weight excluding hydrogens is 248 g/mol. The molecule has 1 saturated carbocycles. The molecule has 1 aliphatic carbocycles. The van der Waals surface area contributed by atoms with Gasteiger partial charge >= 0.3 is 0 Å². The van der Waals surface area contributed by atoms with Crippen molar-refractivity contribution in [2.24, 2.45) is 17.6 Å². The largest absolute Gasteiger partial charge is 0.464 e. The van der Waals surface area contributed by atoms with E-state index in [4.69, 9.17) is 10.2 Å². The molecule has 1 saturated heterocycles. The molecule has 3 rings (SSSR count). The van der Waals surface area contributed by atoms with Gasteiger partial charge in [0.15, 0.2) is 0 Å². The first-order valence-corrected chi connectivity index (χ1v) is 8.26. The Labute approximate surface area is 122 Å². The normalized spacial score (nSPS) is 29.6. The standard InChI is InChI=1S/C17H28N2O/c1-3-13-6-8-19(9-7-13)15(11-18)17-5-4-16(20-17)14-10-12(14)2/h4-5,12-15H,3,6-11,18H2,1-2H3. The van der Waals surface area contributed by atoms with E-state index in [0.717, 1.165) is 30.7 Å². The quantitative estimate of drug-likeness (QED) is 0.894. The Bertz CT molecular complexity index is 434. The number of hydrogen-bond acceptors (Lipinski definition) is 3. The Morgan fingerprint density at radius 3 is 2.60 bits per heavy atom. The summed E-state index contributed by atoms with van der Waals surface area (Å²) < 4.78 is 6.12. The number of furan rings is 1. The Morgan fingerprint density at radius 2 is 2.05 bits per heavy atom. The summed E-state index contributed by atoms with van der Waals surface area (Å²) in [5, 5.41) is 0. The van der Waals surface area contributed by atoms with Crippen LogP contribution in [0, 0.1) is 11.8 Å². The van der Waals surface area contributed by atoms with Gasteiger partial charge in [-0.05, 0) is 56.3 Å². The first-order chi connectivity index (χ1) is 9.72. The van der Waals surface area contributed by atoms with Crippen molar-refractivity contribution in [1.29, 1.82) is 0 Å². The van der Waals surface area contributed by atoms with Gasteiger partial charge in [0.1, 0.15) is 11.5 Å². The molecule has 1 aliphatic heterocycles. The third kappa shape index (κ3) is 2.79. The number of nitrogens with two attached hydrogens (primary N) is 1. The Hall–Kier alpha value is -0.800. The number of hydrogen-bond donors (Lipinski definition) is 1. The summed E-state index contributed by atoms with van der Waals surface area (Å²) in [6, 6.07) is 4.60. The van der Waals surface area contributed by atoms with E-state index in [1.54, 1.807) is 0 Å². The molecule has 20 heavy (non-hydrogen) atoms. The third-order valence-corrected chi connectivity index (χ3v) is 5.34. The van der Waals surface area contributed by atoms with Crippen LogP contribution in [-0.4, -0.2) is 24.5 Å². The third-order valence-electron chi connectivity index (χ3n) is 5.34. The van der Waals surface area contributed by atoms with Crippen molar-refractivity contribution in [2.45, 2.75) is 51.5 Å². The minimum Gasteiger partial charge on any atom is -0.464 e. The smallest absolute Gasteiger partial charge is 0.122 e. The van der Waals surface area contributed by atoms with E-state index in [-0.39, 0.29) is 6.04 Å². The summed E-state index contributed by atoms with van der Waals surface area (Å²) >= 11 is 0. The van der Waals surface area contributed by atoms with Crippen molar-refractivity contribution in [1.82, 2.24) is 4.90 Å². The van der Waals surface area contributed by atoms with E-state index in [1.165, 1.54) is 31.4 Å². The van der Waals surface area contributed by atoms with Gasteiger partial charge in [0.05, 0.1) is 6.04 Å². The molecule has 3 atom stereocenters. The van der Waals surface area contributed by atoms with E-state index in [9.17, 15) is 0 Å². The molecule has 0 radical (unpaired) electrons. The van der Waals surface area contributed by atoms with Gasteiger partial charge in [-0.3, -0.25) is 4.90 Å². The van der Waals surface area contributed by atoms with Crippen LogP contribution < -0.4 is 5.73 Å². The minimum absolute atomic E-state index is 0.274. The first-order valence-electron chi connectivity index (χ1n) is 8.26. The van der Waals surface area contributed by atoms with Crippen molar-refractivity contribution in [3.05, 3.63) is 23.7 Å². The van der Waals surface area contributed by atoms with Crippen molar-refractivity contribution >= 4 is 0 Å². The van der Waals surface area contributed by atoms with Gasteiger partial charge in [0.2, 0.25) is 0 Å². The lowest BCUT2D eigenvalue weighted by Gasteiger charge is -2.36. The topological polar surface area (TPSA) is 42.4 Å². The van der Waals surface area contributed by atoms with Crippen molar-refractivity contribution in [3.8, 4) is 0 Å². The van der Waals surface area contributed by atoms with Gasteiger partial charge < -0.3 is 10.2 Å². The second-order valence-corrected chi connectivity index (χ2v) is 6.70. The molecule has 3 unspecified atom stereocenters. The van der Waals surface area contributed by atoms with E-state index in [1.807, 2.05) is 0 Å². The van der Waals surface area contributed by atoms with Crippen LogP contribution in [0.25, 0.3) is 0 Å². The highest BCUT2D eigenvalue weighted by Crippen LogP contribution is 2.47. The predicted molar refractivity (Wildman–Crippen MR) is 81.6 cm³/mol. The molecule has 1 aromatic rings. The van der Waals surface area contributed by atoms with Gasteiger partial charge in [-0.1, -0.05) is 20.3 Å².